The van der Waals surface area contributed by atoms with Gasteiger partial charge >= 0.3 is 0 Å². The molecule has 3 aromatic carbocycles. The first-order valence-electron chi connectivity index (χ1n) is 9.69. The van der Waals surface area contributed by atoms with Crippen molar-refractivity contribution in [3.05, 3.63) is 119 Å². The van der Waals surface area contributed by atoms with Gasteiger partial charge in [-0.15, -0.1) is 0 Å². The first kappa shape index (κ1) is 20.1. The van der Waals surface area contributed by atoms with Gasteiger partial charge in [0.25, 0.3) is 5.82 Å². The molecule has 0 bridgehead atoms. The summed E-state index contributed by atoms with van der Waals surface area (Å²) < 4.78 is 3.84. The third-order valence-corrected chi connectivity index (χ3v) is 5.41. The van der Waals surface area contributed by atoms with E-state index in [2.05, 4.69) is 0 Å². The molecule has 0 aliphatic rings. The zero-order chi connectivity index (χ0) is 21.1. The lowest BCUT2D eigenvalue weighted by molar-refractivity contribution is -0.683. The number of rotatable bonds is 5. The van der Waals surface area contributed by atoms with Crippen molar-refractivity contribution in [1.82, 2.24) is 4.57 Å². The second kappa shape index (κ2) is 8.27. The Labute approximate surface area is 181 Å². The smallest absolute Gasteiger partial charge is 0.299 e. The van der Waals surface area contributed by atoms with E-state index in [9.17, 15) is 5.11 Å². The minimum atomic E-state index is -1.50. The lowest BCUT2D eigenvalue weighted by Crippen LogP contribution is -2.49. The van der Waals surface area contributed by atoms with Gasteiger partial charge < -0.3 is 5.11 Å². The third-order valence-electron chi connectivity index (χ3n) is 5.15. The molecule has 0 amide bonds. The van der Waals surface area contributed by atoms with Crippen LogP contribution in [-0.4, -0.2) is 15.4 Å². The number of aryl methyl sites for hydroxylation is 2. The number of hydrogen-bond donors (Lipinski definition) is 1. The molecule has 4 nitrogen and oxygen atoms in total. The molecule has 1 atom stereocenters. The summed E-state index contributed by atoms with van der Waals surface area (Å²) in [5.74, 6) is 0.693. The quantitative estimate of drug-likeness (QED) is 0.376. The molecule has 0 fully saturated rings. The van der Waals surface area contributed by atoms with Crippen molar-refractivity contribution in [2.45, 2.75) is 5.60 Å². The van der Waals surface area contributed by atoms with E-state index in [1.807, 2.05) is 121 Å². The summed E-state index contributed by atoms with van der Waals surface area (Å²) in [5, 5.41) is 13.1. The highest BCUT2D eigenvalue weighted by molar-refractivity contribution is 6.30. The average molecular weight is 417 g/mol. The number of aromatic nitrogens is 2. The third kappa shape index (κ3) is 3.67. The van der Waals surface area contributed by atoms with Crippen LogP contribution in [-0.2, 0) is 19.7 Å². The van der Waals surface area contributed by atoms with Crippen LogP contribution in [0.3, 0.4) is 0 Å². The lowest BCUT2D eigenvalue weighted by atomic mass is 9.83. The van der Waals surface area contributed by atoms with E-state index >= 15 is 0 Å². The number of halogens is 1. The van der Waals surface area contributed by atoms with E-state index in [0.717, 1.165) is 16.8 Å². The standard InChI is InChI=1S/C25H23ClN3O/c1-28-17-18-29(2)24(28)25(30,20-9-5-3-6-10-20)23(19-13-15-21(26)16-14-19)27-22-11-7-4-8-12-22/h3-18,30H,1-2H3/q+1. The van der Waals surface area contributed by atoms with E-state index in [-0.39, 0.29) is 0 Å². The van der Waals surface area contributed by atoms with Crippen LogP contribution in [0, 0.1) is 0 Å². The summed E-state index contributed by atoms with van der Waals surface area (Å²) in [6, 6.07) is 26.7. The second-order valence-electron chi connectivity index (χ2n) is 7.22. The molecule has 4 aromatic rings. The van der Waals surface area contributed by atoms with Crippen molar-refractivity contribution in [3.63, 3.8) is 0 Å². The summed E-state index contributed by atoms with van der Waals surface area (Å²) in [6.07, 6.45) is 3.84. The van der Waals surface area contributed by atoms with Crippen LogP contribution in [0.25, 0.3) is 0 Å². The molecule has 1 N–H and O–H groups in total. The van der Waals surface area contributed by atoms with Crippen molar-refractivity contribution in [1.29, 1.82) is 0 Å². The maximum absolute atomic E-state index is 12.4. The van der Waals surface area contributed by atoms with Gasteiger partial charge in [-0.2, -0.15) is 0 Å². The van der Waals surface area contributed by atoms with E-state index in [4.69, 9.17) is 16.6 Å². The Balaban J connectivity index is 2.06. The number of aliphatic imine (C=N–C) groups is 1. The van der Waals surface area contributed by atoms with Crippen LogP contribution in [0.15, 0.2) is 102 Å². The van der Waals surface area contributed by atoms with Gasteiger partial charge in [-0.1, -0.05) is 72.3 Å². The van der Waals surface area contributed by atoms with Crippen molar-refractivity contribution in [2.24, 2.45) is 19.1 Å². The fraction of sp³-hybridized carbons (Fsp3) is 0.120. The van der Waals surface area contributed by atoms with Gasteiger partial charge in [-0.05, 0) is 24.3 Å². The minimum Gasteiger partial charge on any atom is -0.369 e. The molecule has 1 heterocycles. The number of para-hydroxylation sites is 1. The lowest BCUT2D eigenvalue weighted by Gasteiger charge is -2.28. The monoisotopic (exact) mass is 416 g/mol. The summed E-state index contributed by atoms with van der Waals surface area (Å²) in [4.78, 5) is 4.94. The minimum absolute atomic E-state index is 0.522. The van der Waals surface area contributed by atoms with Gasteiger partial charge in [0, 0.05) is 16.1 Å². The average Bonchev–Trinajstić information content (AvgIpc) is 3.12. The summed E-state index contributed by atoms with van der Waals surface area (Å²) in [5.41, 5.74) is 1.29. The Hall–Kier alpha value is -3.21. The van der Waals surface area contributed by atoms with Crippen molar-refractivity contribution < 1.29 is 9.67 Å². The van der Waals surface area contributed by atoms with Crippen LogP contribution in [0.2, 0.25) is 5.02 Å². The van der Waals surface area contributed by atoms with E-state index < -0.39 is 5.60 Å². The largest absolute Gasteiger partial charge is 0.369 e. The molecular formula is C25H23ClN3O+. The number of nitrogens with zero attached hydrogens (tertiary/aromatic N) is 3. The van der Waals surface area contributed by atoms with Crippen LogP contribution in [0.4, 0.5) is 5.69 Å². The molecule has 1 aromatic heterocycles. The number of hydrogen-bond acceptors (Lipinski definition) is 2. The molecule has 0 saturated heterocycles. The maximum Gasteiger partial charge on any atom is 0.299 e. The highest BCUT2D eigenvalue weighted by Crippen LogP contribution is 2.34. The molecule has 1 unspecified atom stereocenters. The molecule has 5 heteroatoms. The topological polar surface area (TPSA) is 41.4 Å². The van der Waals surface area contributed by atoms with Gasteiger partial charge in [0.15, 0.2) is 0 Å². The predicted octanol–water partition coefficient (Wildman–Crippen LogP) is 4.56. The molecule has 0 aliphatic heterocycles. The maximum atomic E-state index is 12.4. The van der Waals surface area contributed by atoms with Gasteiger partial charge in [0.05, 0.1) is 25.5 Å². The van der Waals surface area contributed by atoms with E-state index in [1.165, 1.54) is 0 Å². The van der Waals surface area contributed by atoms with Gasteiger partial charge in [0.2, 0.25) is 5.60 Å². The van der Waals surface area contributed by atoms with Crippen LogP contribution in [0.5, 0.6) is 0 Å². The van der Waals surface area contributed by atoms with Crippen LogP contribution < -0.4 is 4.57 Å². The molecular weight excluding hydrogens is 394 g/mol. The van der Waals surface area contributed by atoms with Crippen LogP contribution >= 0.6 is 11.6 Å². The van der Waals surface area contributed by atoms with Gasteiger partial charge in [-0.3, -0.25) is 0 Å². The Bertz CT molecular complexity index is 1150. The SMILES string of the molecule is Cn1cc[n+](C)c1C(O)(C(=Nc1ccccc1)c1ccc(Cl)cc1)c1ccccc1. The fourth-order valence-corrected chi connectivity index (χ4v) is 3.87. The number of imidazole rings is 1. The van der Waals surface area contributed by atoms with Crippen molar-refractivity contribution >= 4 is 23.0 Å². The summed E-state index contributed by atoms with van der Waals surface area (Å²) in [7, 11) is 3.84. The Morgan fingerprint density at radius 2 is 1.53 bits per heavy atom. The highest BCUT2D eigenvalue weighted by atomic mass is 35.5. The van der Waals surface area contributed by atoms with Crippen LogP contribution in [0.1, 0.15) is 17.0 Å². The number of benzene rings is 3. The molecule has 0 spiro atoms. The predicted molar refractivity (Wildman–Crippen MR) is 120 cm³/mol. The zero-order valence-electron chi connectivity index (χ0n) is 16.9. The summed E-state index contributed by atoms with van der Waals surface area (Å²) >= 11 is 6.15. The van der Waals surface area contributed by atoms with E-state index in [0.29, 0.717) is 16.6 Å². The first-order valence-corrected chi connectivity index (χ1v) is 10.1. The molecule has 0 aliphatic carbocycles. The first-order chi connectivity index (χ1) is 14.5. The Morgan fingerprint density at radius 1 is 0.933 bits per heavy atom. The molecule has 4 rings (SSSR count). The Morgan fingerprint density at radius 3 is 2.10 bits per heavy atom. The van der Waals surface area contributed by atoms with Gasteiger partial charge in [-0.25, -0.2) is 14.1 Å². The molecule has 0 saturated carbocycles. The van der Waals surface area contributed by atoms with Crippen molar-refractivity contribution in [2.75, 3.05) is 0 Å². The zero-order valence-corrected chi connectivity index (χ0v) is 17.7. The number of aliphatic hydroxyl groups is 1. The van der Waals surface area contributed by atoms with E-state index in [1.54, 1.807) is 0 Å². The highest BCUT2D eigenvalue weighted by Gasteiger charge is 2.47. The van der Waals surface area contributed by atoms with Gasteiger partial charge in [0.1, 0.15) is 12.4 Å². The molecule has 30 heavy (non-hydrogen) atoms. The second-order valence-corrected chi connectivity index (χ2v) is 7.66. The molecule has 0 radical (unpaired) electrons. The fourth-order valence-electron chi connectivity index (χ4n) is 3.75. The normalized spacial score (nSPS) is 13.8. The van der Waals surface area contributed by atoms with Crippen molar-refractivity contribution in [3.8, 4) is 0 Å². The molecule has 150 valence electrons. The summed E-state index contributed by atoms with van der Waals surface area (Å²) in [6.45, 7) is 0. The Kier molecular flexibility index (Phi) is 5.53.